The molecule has 0 radical (unpaired) electrons. The van der Waals surface area contributed by atoms with E-state index in [9.17, 15) is 4.79 Å². The zero-order chi connectivity index (χ0) is 17.2. The molecule has 0 aliphatic heterocycles. The number of nitrogens with zero attached hydrogens (tertiary/aromatic N) is 3. The van der Waals surface area contributed by atoms with Crippen molar-refractivity contribution in [2.24, 2.45) is 5.41 Å². The average Bonchev–Trinajstić information content (AvgIpc) is 2.80. The van der Waals surface area contributed by atoms with E-state index in [1.54, 1.807) is 0 Å². The molecule has 2 rings (SSSR count). The van der Waals surface area contributed by atoms with Gasteiger partial charge in [-0.2, -0.15) is 9.67 Å². The van der Waals surface area contributed by atoms with Gasteiger partial charge in [0, 0.05) is 12.0 Å². The fourth-order valence-electron chi connectivity index (χ4n) is 2.25. The summed E-state index contributed by atoms with van der Waals surface area (Å²) in [5, 5.41) is 4.29. The maximum Gasteiger partial charge on any atom is 0.336 e. The number of aryl methyl sites for hydroxylation is 1. The van der Waals surface area contributed by atoms with Gasteiger partial charge in [0.05, 0.1) is 6.10 Å². The van der Waals surface area contributed by atoms with Gasteiger partial charge in [0.25, 0.3) is 0 Å². The van der Waals surface area contributed by atoms with Crippen molar-refractivity contribution < 1.29 is 9.53 Å². The first kappa shape index (κ1) is 17.2. The number of hydrogen-bond donors (Lipinski definition) is 0. The Kier molecular flexibility index (Phi) is 4.88. The van der Waals surface area contributed by atoms with Crippen LogP contribution in [0.15, 0.2) is 24.3 Å². The predicted molar refractivity (Wildman–Crippen MR) is 90.7 cm³/mol. The molecule has 0 unspecified atom stereocenters. The molecule has 1 heterocycles. The fraction of sp³-hybridized carbons (Fsp3) is 0.500. The van der Waals surface area contributed by atoms with E-state index in [-0.39, 0.29) is 23.4 Å². The SMILES string of the molecule is Cc1ccccc1-c1nc(OC(C)C)nn1C(=O)CC(C)(C)C. The molecule has 0 aliphatic rings. The van der Waals surface area contributed by atoms with Gasteiger partial charge in [-0.05, 0) is 31.7 Å². The smallest absolute Gasteiger partial charge is 0.336 e. The van der Waals surface area contributed by atoms with Gasteiger partial charge in [-0.1, -0.05) is 45.0 Å². The lowest BCUT2D eigenvalue weighted by atomic mass is 9.92. The van der Waals surface area contributed by atoms with Crippen LogP contribution < -0.4 is 4.74 Å². The predicted octanol–water partition coefficient (Wildman–Crippen LogP) is 4.12. The molecule has 23 heavy (non-hydrogen) atoms. The maximum atomic E-state index is 12.7. The van der Waals surface area contributed by atoms with Gasteiger partial charge in [-0.25, -0.2) is 0 Å². The van der Waals surface area contributed by atoms with Gasteiger partial charge < -0.3 is 4.74 Å². The zero-order valence-corrected chi connectivity index (χ0v) is 14.8. The van der Waals surface area contributed by atoms with E-state index in [2.05, 4.69) is 10.1 Å². The van der Waals surface area contributed by atoms with Gasteiger partial charge in [-0.15, -0.1) is 5.10 Å². The Morgan fingerprint density at radius 3 is 2.48 bits per heavy atom. The Hall–Kier alpha value is -2.17. The minimum Gasteiger partial charge on any atom is -0.460 e. The quantitative estimate of drug-likeness (QED) is 0.851. The van der Waals surface area contributed by atoms with E-state index >= 15 is 0 Å². The molecule has 0 atom stereocenters. The number of aromatic nitrogens is 3. The Morgan fingerprint density at radius 1 is 1.26 bits per heavy atom. The second-order valence-electron chi connectivity index (χ2n) is 7.24. The molecular weight excluding hydrogens is 290 g/mol. The summed E-state index contributed by atoms with van der Waals surface area (Å²) in [5.74, 6) is 0.454. The second kappa shape index (κ2) is 6.52. The Bertz CT molecular complexity index is 697. The highest BCUT2D eigenvalue weighted by Gasteiger charge is 2.24. The van der Waals surface area contributed by atoms with Crippen LogP contribution >= 0.6 is 0 Å². The number of carbonyl (C=O) groups excluding carboxylic acids is 1. The topological polar surface area (TPSA) is 57.0 Å². The summed E-state index contributed by atoms with van der Waals surface area (Å²) < 4.78 is 6.96. The van der Waals surface area contributed by atoms with E-state index in [0.717, 1.165) is 11.1 Å². The molecule has 0 saturated carbocycles. The van der Waals surface area contributed by atoms with Gasteiger partial charge in [0.1, 0.15) is 0 Å². The monoisotopic (exact) mass is 315 g/mol. The van der Waals surface area contributed by atoms with Crippen molar-refractivity contribution >= 4 is 5.91 Å². The number of ether oxygens (including phenoxy) is 1. The molecule has 0 N–H and O–H groups in total. The summed E-state index contributed by atoms with van der Waals surface area (Å²) in [5.41, 5.74) is 1.81. The second-order valence-corrected chi connectivity index (χ2v) is 7.24. The Morgan fingerprint density at radius 2 is 1.91 bits per heavy atom. The third kappa shape index (κ3) is 4.41. The van der Waals surface area contributed by atoms with E-state index in [0.29, 0.717) is 12.2 Å². The standard InChI is InChI=1S/C18H25N3O2/c1-12(2)23-17-19-16(14-10-8-7-9-13(14)3)21(20-17)15(22)11-18(4,5)6/h7-10,12H,11H2,1-6H3. The molecule has 0 aliphatic carbocycles. The molecule has 0 saturated heterocycles. The summed E-state index contributed by atoms with van der Waals surface area (Å²) in [4.78, 5) is 17.1. The summed E-state index contributed by atoms with van der Waals surface area (Å²) in [7, 11) is 0. The van der Waals surface area contributed by atoms with Crippen LogP contribution in [-0.4, -0.2) is 26.8 Å². The van der Waals surface area contributed by atoms with E-state index in [1.807, 2.05) is 65.8 Å². The van der Waals surface area contributed by atoms with Crippen molar-refractivity contribution in [3.05, 3.63) is 29.8 Å². The van der Waals surface area contributed by atoms with Crippen molar-refractivity contribution in [3.63, 3.8) is 0 Å². The Labute approximate surface area is 137 Å². The number of rotatable bonds is 4. The molecular formula is C18H25N3O2. The van der Waals surface area contributed by atoms with Crippen LogP contribution in [0.25, 0.3) is 11.4 Å². The summed E-state index contributed by atoms with van der Waals surface area (Å²) >= 11 is 0. The number of benzene rings is 1. The molecule has 1 aromatic heterocycles. The molecule has 0 bridgehead atoms. The van der Waals surface area contributed by atoms with Crippen LogP contribution in [0.4, 0.5) is 0 Å². The zero-order valence-electron chi connectivity index (χ0n) is 14.8. The lowest BCUT2D eigenvalue weighted by molar-refractivity contribution is 0.0838. The molecule has 0 amide bonds. The van der Waals surface area contributed by atoms with Crippen LogP contribution in [-0.2, 0) is 0 Å². The van der Waals surface area contributed by atoms with Crippen LogP contribution in [0.2, 0.25) is 0 Å². The van der Waals surface area contributed by atoms with Crippen molar-refractivity contribution in [1.29, 1.82) is 0 Å². The number of carbonyl (C=O) groups is 1. The molecule has 5 heteroatoms. The van der Waals surface area contributed by atoms with E-state index in [1.165, 1.54) is 4.68 Å². The highest BCUT2D eigenvalue weighted by molar-refractivity contribution is 5.83. The summed E-state index contributed by atoms with van der Waals surface area (Å²) in [6.45, 7) is 11.9. The van der Waals surface area contributed by atoms with Crippen molar-refractivity contribution in [2.75, 3.05) is 0 Å². The molecule has 0 fully saturated rings. The Balaban J connectivity index is 2.49. The summed E-state index contributed by atoms with van der Waals surface area (Å²) in [6, 6.07) is 8.06. The molecule has 5 nitrogen and oxygen atoms in total. The van der Waals surface area contributed by atoms with Crippen molar-refractivity contribution in [3.8, 4) is 17.4 Å². The number of hydrogen-bond acceptors (Lipinski definition) is 4. The third-order valence-corrected chi connectivity index (χ3v) is 3.23. The van der Waals surface area contributed by atoms with Crippen molar-refractivity contribution in [2.45, 2.75) is 54.1 Å². The van der Waals surface area contributed by atoms with Crippen LogP contribution in [0.5, 0.6) is 6.01 Å². The van der Waals surface area contributed by atoms with Gasteiger partial charge in [-0.3, -0.25) is 4.79 Å². The fourth-order valence-corrected chi connectivity index (χ4v) is 2.25. The van der Waals surface area contributed by atoms with Gasteiger partial charge >= 0.3 is 6.01 Å². The largest absolute Gasteiger partial charge is 0.460 e. The highest BCUT2D eigenvalue weighted by atomic mass is 16.5. The first-order chi connectivity index (χ1) is 10.7. The lowest BCUT2D eigenvalue weighted by Crippen LogP contribution is -2.21. The molecule has 124 valence electrons. The molecule has 2 aromatic rings. The van der Waals surface area contributed by atoms with Crippen molar-refractivity contribution in [1.82, 2.24) is 14.8 Å². The van der Waals surface area contributed by atoms with Gasteiger partial charge in [0.2, 0.25) is 5.91 Å². The molecule has 1 aromatic carbocycles. The summed E-state index contributed by atoms with van der Waals surface area (Å²) in [6.07, 6.45) is 0.337. The van der Waals surface area contributed by atoms with E-state index < -0.39 is 0 Å². The minimum absolute atomic E-state index is 0.0479. The highest BCUT2D eigenvalue weighted by Crippen LogP contribution is 2.26. The van der Waals surface area contributed by atoms with Crippen LogP contribution in [0, 0.1) is 12.3 Å². The van der Waals surface area contributed by atoms with E-state index in [4.69, 9.17) is 4.74 Å². The maximum absolute atomic E-state index is 12.7. The normalized spacial score (nSPS) is 11.8. The first-order valence-electron chi connectivity index (χ1n) is 7.90. The van der Waals surface area contributed by atoms with Gasteiger partial charge in [0.15, 0.2) is 5.82 Å². The minimum atomic E-state index is -0.120. The van der Waals surface area contributed by atoms with Crippen LogP contribution in [0.3, 0.4) is 0 Å². The average molecular weight is 315 g/mol. The first-order valence-corrected chi connectivity index (χ1v) is 7.90. The third-order valence-electron chi connectivity index (χ3n) is 3.23. The van der Waals surface area contributed by atoms with Crippen LogP contribution in [0.1, 0.15) is 51.4 Å². The molecule has 0 spiro atoms. The lowest BCUT2D eigenvalue weighted by Gasteiger charge is -2.17.